The summed E-state index contributed by atoms with van der Waals surface area (Å²) in [6.45, 7) is 6.71. The maximum atomic E-state index is 6.42. The minimum absolute atomic E-state index is 0.130. The van der Waals surface area contributed by atoms with Crippen LogP contribution in [0.1, 0.15) is 26.3 Å². The van der Waals surface area contributed by atoms with Crippen molar-refractivity contribution in [2.45, 2.75) is 26.2 Å². The van der Waals surface area contributed by atoms with Gasteiger partial charge in [-0.15, -0.1) is 0 Å². The lowest BCUT2D eigenvalue weighted by Crippen LogP contribution is -2.32. The molecule has 0 N–H and O–H groups in total. The topological polar surface area (TPSA) is 18.0 Å². The molecule has 4 aromatic carbocycles. The maximum Gasteiger partial charge on any atom is 0.270 e. The highest BCUT2D eigenvalue weighted by atomic mass is 16.5. The van der Waals surface area contributed by atoms with Crippen LogP contribution < -0.4 is 9.30 Å². The van der Waals surface area contributed by atoms with Crippen LogP contribution in [0.5, 0.6) is 11.5 Å². The van der Waals surface area contributed by atoms with E-state index < -0.39 is 0 Å². The van der Waals surface area contributed by atoms with E-state index in [-0.39, 0.29) is 5.41 Å². The van der Waals surface area contributed by atoms with E-state index in [2.05, 4.69) is 103 Å². The van der Waals surface area contributed by atoms with Crippen LogP contribution in [0.25, 0.3) is 33.2 Å². The molecule has 0 spiro atoms. The van der Waals surface area contributed by atoms with Gasteiger partial charge in [-0.25, -0.2) is 0 Å². The van der Waals surface area contributed by atoms with Gasteiger partial charge in [0.1, 0.15) is 22.7 Å². The van der Waals surface area contributed by atoms with Crippen LogP contribution in [-0.2, 0) is 5.41 Å². The van der Waals surface area contributed by atoms with Crippen LogP contribution in [0.3, 0.4) is 0 Å². The number of benzene rings is 4. The summed E-state index contributed by atoms with van der Waals surface area (Å²) in [6, 6.07) is 27.6. The third-order valence-electron chi connectivity index (χ3n) is 5.95. The zero-order valence-corrected chi connectivity index (χ0v) is 17.3. The molecule has 1 aromatic heterocycles. The largest absolute Gasteiger partial charge is 0.464 e. The zero-order valence-electron chi connectivity index (χ0n) is 17.3. The Balaban J connectivity index is 1.60. The number of hydrogen-bond donors (Lipinski definition) is 0. The van der Waals surface area contributed by atoms with Crippen LogP contribution in [0, 0.1) is 6.33 Å². The summed E-state index contributed by atoms with van der Waals surface area (Å²) in [5.41, 5.74) is 5.68. The number of imidazole rings is 1. The Labute approximate surface area is 175 Å². The van der Waals surface area contributed by atoms with E-state index in [0.29, 0.717) is 0 Å². The quantitative estimate of drug-likeness (QED) is 0.239. The molecule has 0 radical (unpaired) electrons. The van der Waals surface area contributed by atoms with E-state index >= 15 is 0 Å². The summed E-state index contributed by atoms with van der Waals surface area (Å²) in [5.74, 6) is 1.74. The Kier molecular flexibility index (Phi) is 3.43. The van der Waals surface area contributed by atoms with Crippen LogP contribution in [0.15, 0.2) is 78.9 Å². The molecule has 0 amide bonds. The van der Waals surface area contributed by atoms with Crippen molar-refractivity contribution in [1.29, 1.82) is 0 Å². The Morgan fingerprint density at radius 3 is 2.43 bits per heavy atom. The van der Waals surface area contributed by atoms with Crippen molar-refractivity contribution in [2.75, 3.05) is 0 Å². The molecule has 2 heterocycles. The molecule has 3 heteroatoms. The summed E-state index contributed by atoms with van der Waals surface area (Å²) >= 11 is 0. The molecular weight excluding hydrogens is 368 g/mol. The van der Waals surface area contributed by atoms with Crippen LogP contribution in [0.2, 0.25) is 0 Å². The second-order valence-corrected chi connectivity index (χ2v) is 8.93. The lowest BCUT2D eigenvalue weighted by atomic mass is 9.87. The predicted molar refractivity (Wildman–Crippen MR) is 120 cm³/mol. The van der Waals surface area contributed by atoms with Crippen molar-refractivity contribution in [2.24, 2.45) is 0 Å². The van der Waals surface area contributed by atoms with Gasteiger partial charge in [-0.1, -0.05) is 75.4 Å². The van der Waals surface area contributed by atoms with Crippen LogP contribution >= 0.6 is 0 Å². The Morgan fingerprint density at radius 1 is 0.833 bits per heavy atom. The van der Waals surface area contributed by atoms with Crippen molar-refractivity contribution in [3.8, 4) is 22.9 Å². The number of aromatic nitrogens is 2. The predicted octanol–water partition coefficient (Wildman–Crippen LogP) is 6.26. The molecule has 0 saturated carbocycles. The number of hydrogen-bond acceptors (Lipinski definition) is 1. The third-order valence-corrected chi connectivity index (χ3v) is 5.95. The average Bonchev–Trinajstić information content (AvgIpc) is 3.15. The Bertz CT molecular complexity index is 1440. The van der Waals surface area contributed by atoms with Crippen molar-refractivity contribution < 1.29 is 9.30 Å². The van der Waals surface area contributed by atoms with Crippen molar-refractivity contribution in [1.82, 2.24) is 4.57 Å². The molecule has 0 unspecified atom stereocenters. The third kappa shape index (κ3) is 2.42. The fourth-order valence-corrected chi connectivity index (χ4v) is 4.31. The summed E-state index contributed by atoms with van der Waals surface area (Å²) < 4.78 is 10.7. The van der Waals surface area contributed by atoms with E-state index in [4.69, 9.17) is 4.74 Å². The summed E-state index contributed by atoms with van der Waals surface area (Å²) in [7, 11) is 0. The van der Waals surface area contributed by atoms with Crippen molar-refractivity contribution >= 4 is 21.8 Å². The standard InChI is InChI=1S/C27H22N2O/c1-27(2,3)19-12-14-20(15-13-19)28-17-29-23-16-11-18-7-4-5-8-21(18)26(23)30-24-10-6-9-22(28)25(24)29/h4-16H,1-3H3. The molecule has 5 aromatic rings. The lowest BCUT2D eigenvalue weighted by molar-refractivity contribution is -0.575. The minimum atomic E-state index is 0.130. The van der Waals surface area contributed by atoms with Gasteiger partial charge < -0.3 is 4.74 Å². The van der Waals surface area contributed by atoms with Crippen molar-refractivity contribution in [3.05, 3.63) is 90.8 Å². The summed E-state index contributed by atoms with van der Waals surface area (Å²) in [6.07, 6.45) is 3.58. The van der Waals surface area contributed by atoms with Gasteiger partial charge in [0.15, 0.2) is 0 Å². The van der Waals surface area contributed by atoms with E-state index in [9.17, 15) is 0 Å². The van der Waals surface area contributed by atoms with Crippen molar-refractivity contribution in [3.63, 3.8) is 0 Å². The molecule has 146 valence electrons. The summed E-state index contributed by atoms with van der Waals surface area (Å²) in [4.78, 5) is 0. The Hall–Kier alpha value is -3.59. The molecule has 1 aliphatic heterocycles. The zero-order chi connectivity index (χ0) is 20.5. The Morgan fingerprint density at radius 2 is 1.63 bits per heavy atom. The maximum absolute atomic E-state index is 6.42. The molecule has 1 aliphatic rings. The van der Waals surface area contributed by atoms with Gasteiger partial charge in [-0.05, 0) is 40.6 Å². The molecule has 0 bridgehead atoms. The van der Waals surface area contributed by atoms with Gasteiger partial charge in [0, 0.05) is 5.39 Å². The summed E-state index contributed by atoms with van der Waals surface area (Å²) in [5, 5.41) is 2.28. The van der Waals surface area contributed by atoms with Gasteiger partial charge in [0.05, 0.1) is 11.2 Å². The normalized spacial score (nSPS) is 12.8. The SMILES string of the molecule is CC(C)(C)c1ccc(-n2[c-][n+]3c4c(cccc42)Oc2c-3ccc3ccccc23)cc1. The van der Waals surface area contributed by atoms with Crippen LogP contribution in [-0.4, -0.2) is 4.57 Å². The van der Waals surface area contributed by atoms with Crippen LogP contribution in [0.4, 0.5) is 0 Å². The highest BCUT2D eigenvalue weighted by molar-refractivity contribution is 5.93. The molecule has 30 heavy (non-hydrogen) atoms. The second kappa shape index (κ2) is 5.96. The minimum Gasteiger partial charge on any atom is -0.464 e. The molecule has 3 nitrogen and oxygen atoms in total. The first kappa shape index (κ1) is 17.3. The smallest absolute Gasteiger partial charge is 0.270 e. The van der Waals surface area contributed by atoms with E-state index in [1.807, 2.05) is 12.1 Å². The first-order valence-corrected chi connectivity index (χ1v) is 10.3. The number of para-hydroxylation sites is 1. The van der Waals surface area contributed by atoms with Gasteiger partial charge in [0.2, 0.25) is 0 Å². The number of nitrogens with zero attached hydrogens (tertiary/aromatic N) is 2. The highest BCUT2D eigenvalue weighted by Crippen LogP contribution is 2.40. The number of ether oxygens (including phenoxy) is 1. The van der Waals surface area contributed by atoms with Gasteiger partial charge in [-0.2, -0.15) is 0 Å². The number of fused-ring (bicyclic) bond motifs is 4. The van der Waals surface area contributed by atoms with Gasteiger partial charge in [-0.3, -0.25) is 9.13 Å². The molecule has 0 saturated heterocycles. The molecule has 0 aliphatic carbocycles. The fourth-order valence-electron chi connectivity index (χ4n) is 4.31. The first-order valence-electron chi connectivity index (χ1n) is 10.3. The van der Waals surface area contributed by atoms with E-state index in [1.165, 1.54) is 10.9 Å². The average molecular weight is 390 g/mol. The van der Waals surface area contributed by atoms with Gasteiger partial charge in [0.25, 0.3) is 6.33 Å². The molecule has 0 fully saturated rings. The molecule has 6 rings (SSSR count). The lowest BCUT2D eigenvalue weighted by Gasteiger charge is -2.21. The molecule has 0 atom stereocenters. The van der Waals surface area contributed by atoms with Gasteiger partial charge >= 0.3 is 0 Å². The number of rotatable bonds is 1. The second-order valence-electron chi connectivity index (χ2n) is 8.93. The van der Waals surface area contributed by atoms with E-state index in [0.717, 1.165) is 39.3 Å². The fraction of sp³-hybridized carbons (Fsp3) is 0.148. The first-order chi connectivity index (χ1) is 14.5. The highest BCUT2D eigenvalue weighted by Gasteiger charge is 2.25. The van der Waals surface area contributed by atoms with E-state index in [1.54, 1.807) is 0 Å². The monoisotopic (exact) mass is 390 g/mol. The molecular formula is C27H22N2O.